The highest BCUT2D eigenvalue weighted by molar-refractivity contribution is 6.10. The zero-order chi connectivity index (χ0) is 80.6. The van der Waals surface area contributed by atoms with Crippen LogP contribution in [-0.2, 0) is 16.2 Å². The molecule has 5 heteroatoms. The van der Waals surface area contributed by atoms with Crippen molar-refractivity contribution in [3.05, 3.63) is 308 Å². The third-order valence-corrected chi connectivity index (χ3v) is 17.9. The Labute approximate surface area is 582 Å². The van der Waals surface area contributed by atoms with Crippen LogP contribution in [0.1, 0.15) is 104 Å². The molecule has 0 unspecified atom stereocenters. The minimum absolute atomic E-state index is 0.0395. The summed E-state index contributed by atoms with van der Waals surface area (Å²) in [4.78, 5) is 4.92. The van der Waals surface area contributed by atoms with Crippen molar-refractivity contribution in [2.75, 3.05) is 0 Å². The van der Waals surface area contributed by atoms with Crippen molar-refractivity contribution in [2.45, 2.75) is 78.6 Å². The van der Waals surface area contributed by atoms with Gasteiger partial charge in [0.1, 0.15) is 17.3 Å². The number of benzene rings is 12. The molecule has 0 fully saturated rings. The van der Waals surface area contributed by atoms with E-state index in [1.807, 2.05) is 125 Å². The first kappa shape index (κ1) is 42.2. The molecule has 0 bridgehead atoms. The van der Waals surface area contributed by atoms with Gasteiger partial charge in [0.25, 0.3) is 6.33 Å². The molecule has 0 radical (unpaired) electrons. The lowest BCUT2D eigenvalue weighted by molar-refractivity contribution is -0.570. The molecule has 15 aromatic rings. The van der Waals surface area contributed by atoms with Crippen molar-refractivity contribution in [1.82, 2.24) is 14.1 Å². The monoisotopic (exact) mass is 1240 g/mol. The molecule has 0 atom stereocenters. The van der Waals surface area contributed by atoms with Crippen LogP contribution in [0.4, 0.5) is 0 Å². The topological polar surface area (TPSA) is 35.9 Å². The van der Waals surface area contributed by atoms with Crippen molar-refractivity contribution in [3.63, 3.8) is 0 Å². The third kappa shape index (κ3) is 10.6. The Balaban J connectivity index is 1.06. The second-order valence-electron chi connectivity index (χ2n) is 27.2. The summed E-state index contributed by atoms with van der Waals surface area (Å²) in [6, 6.07) is 41.8. The number of para-hydroxylation sites is 2. The Morgan fingerprint density at radius 2 is 0.947 bits per heavy atom. The lowest BCUT2D eigenvalue weighted by Gasteiger charge is -2.27. The fourth-order valence-electron chi connectivity index (χ4n) is 13.1. The highest BCUT2D eigenvalue weighted by Gasteiger charge is 2.31. The Kier molecular flexibility index (Phi) is 10.1. The van der Waals surface area contributed by atoms with Gasteiger partial charge < -0.3 is 4.74 Å². The molecule has 12 aromatic carbocycles. The van der Waals surface area contributed by atoms with E-state index < -0.39 is 131 Å². The van der Waals surface area contributed by atoms with Crippen molar-refractivity contribution in [1.29, 1.82) is 0 Å². The lowest BCUT2D eigenvalue weighted by atomic mass is 9.78. The van der Waals surface area contributed by atoms with E-state index in [9.17, 15) is 12.3 Å². The zero-order valence-corrected chi connectivity index (χ0v) is 53.9. The van der Waals surface area contributed by atoms with Crippen LogP contribution < -0.4 is 9.30 Å². The van der Waals surface area contributed by atoms with Crippen molar-refractivity contribution >= 4 is 32.8 Å². The first-order chi connectivity index (χ1) is 53.5. The van der Waals surface area contributed by atoms with Crippen LogP contribution in [0, 0.1) is 6.33 Å². The van der Waals surface area contributed by atoms with E-state index >= 15 is 0 Å². The molecule has 0 amide bonds. The molecule has 5 nitrogen and oxygen atoms in total. The van der Waals surface area contributed by atoms with Gasteiger partial charge in [0.05, 0.1) is 58.1 Å². The molecule has 3 aromatic heterocycles. The summed E-state index contributed by atoms with van der Waals surface area (Å²) in [5.74, 6) is 1.62. The molecule has 16 rings (SSSR count). The number of rotatable bonds is 9. The van der Waals surface area contributed by atoms with Gasteiger partial charge in [0.2, 0.25) is 0 Å². The predicted molar refractivity (Wildman–Crippen MR) is 395 cm³/mol. The standard InChI is InChI=1S/C90H74N4O/c1-88(2,3)66-44-45-91-84(54-66)94-81-41-22-21-35-75(81)76-43-42-71(56-82(76)94)95-70-33-23-32-69(55-70)92-57-93-86-73(65-49-67(89(4,5)6)53-68(50-65)90(7,8)9)38-25-40-79(86)78-39-24-37-72(60-30-17-12-18-31-60)85(78)77-36-20-19-34-74(77)80-51-64(52-83(92)87(80)93)63-47-61(58-26-13-10-14-27-58)46-62(48-63)59-28-15-11-16-29-59/h10-56H,1-9H3/i10D,11D,12D,13D,14D,15D,16D,17D,18D,26D,27D,28D,29D,30D,31D,46D,47D,48D. The van der Waals surface area contributed by atoms with Crippen LogP contribution in [0.25, 0.3) is 139 Å². The first-order valence-corrected chi connectivity index (χ1v) is 31.7. The minimum Gasteiger partial charge on any atom is -0.458 e. The summed E-state index contributed by atoms with van der Waals surface area (Å²) in [6.07, 6.45) is 5.70. The van der Waals surface area contributed by atoms with E-state index in [4.69, 9.17) is 22.1 Å². The Morgan fingerprint density at radius 1 is 0.389 bits per heavy atom. The normalized spacial score (nSPS) is 14.9. The largest absolute Gasteiger partial charge is 0.458 e. The van der Waals surface area contributed by atoms with Gasteiger partial charge in [0, 0.05) is 23.0 Å². The summed E-state index contributed by atoms with van der Waals surface area (Å²) in [5, 5.41) is 1.99. The lowest BCUT2D eigenvalue weighted by Crippen LogP contribution is -2.32. The molecule has 1 aliphatic heterocycles. The van der Waals surface area contributed by atoms with Crippen LogP contribution >= 0.6 is 0 Å². The predicted octanol–water partition coefficient (Wildman–Crippen LogP) is 23.5. The van der Waals surface area contributed by atoms with Crippen LogP contribution in [0.2, 0.25) is 0 Å². The zero-order valence-electron chi connectivity index (χ0n) is 71.9. The van der Waals surface area contributed by atoms with Gasteiger partial charge in [-0.25, -0.2) is 4.98 Å². The van der Waals surface area contributed by atoms with Gasteiger partial charge in [0.15, 0.2) is 0 Å². The molecular formula is C90H74N4O. The van der Waals surface area contributed by atoms with E-state index in [0.29, 0.717) is 67.3 Å². The van der Waals surface area contributed by atoms with Crippen molar-refractivity contribution < 1.29 is 34.0 Å². The van der Waals surface area contributed by atoms with Gasteiger partial charge in [-0.15, -0.1) is 0 Å². The first-order valence-electron chi connectivity index (χ1n) is 40.7. The number of aromatic nitrogens is 4. The number of fused-ring (bicyclic) bond motifs is 10. The molecule has 1 aliphatic rings. The summed E-state index contributed by atoms with van der Waals surface area (Å²) < 4.78 is 181. The molecule has 0 saturated heterocycles. The van der Waals surface area contributed by atoms with Gasteiger partial charge in [-0.2, -0.15) is 0 Å². The van der Waals surface area contributed by atoms with Crippen LogP contribution in [-0.4, -0.2) is 14.1 Å². The van der Waals surface area contributed by atoms with Gasteiger partial charge in [-0.1, -0.05) is 262 Å². The molecule has 460 valence electrons. The highest BCUT2D eigenvalue weighted by Crippen LogP contribution is 2.50. The van der Waals surface area contributed by atoms with Gasteiger partial charge in [-0.3, -0.25) is 13.7 Å². The number of imidazole rings is 1. The number of ether oxygens (including phenoxy) is 1. The third-order valence-electron chi connectivity index (χ3n) is 17.9. The van der Waals surface area contributed by atoms with Crippen LogP contribution in [0.5, 0.6) is 11.5 Å². The van der Waals surface area contributed by atoms with E-state index in [2.05, 4.69) is 110 Å². The molecule has 0 aliphatic carbocycles. The summed E-state index contributed by atoms with van der Waals surface area (Å²) in [6.45, 7) is 19.5. The number of hydrogen-bond donors (Lipinski definition) is 0. The maximum absolute atomic E-state index is 10.6. The molecule has 4 heterocycles. The summed E-state index contributed by atoms with van der Waals surface area (Å²) in [7, 11) is 0. The van der Waals surface area contributed by atoms with Crippen LogP contribution in [0.3, 0.4) is 0 Å². The van der Waals surface area contributed by atoms with Crippen LogP contribution in [0.15, 0.2) is 285 Å². The average Bonchev–Trinajstić information content (AvgIpc) is 1.49. The minimum atomic E-state index is -0.817. The summed E-state index contributed by atoms with van der Waals surface area (Å²) in [5.41, 5.74) is 8.03. The Bertz CT molecular complexity index is 6440. The number of pyridine rings is 1. The average molecular weight is 1250 g/mol. The number of nitrogens with zero attached hydrogens (tertiary/aromatic N) is 4. The molecule has 95 heavy (non-hydrogen) atoms. The number of hydrogen-bond acceptors (Lipinski definition) is 2. The Morgan fingerprint density at radius 3 is 1.62 bits per heavy atom. The second-order valence-corrected chi connectivity index (χ2v) is 27.2. The molecule has 0 N–H and O–H groups in total. The fraction of sp³-hybridized carbons (Fsp3) is 0.133. The van der Waals surface area contributed by atoms with Gasteiger partial charge >= 0.3 is 0 Å². The van der Waals surface area contributed by atoms with Crippen molar-refractivity contribution in [2.24, 2.45) is 0 Å². The highest BCUT2D eigenvalue weighted by atomic mass is 16.5. The molecule has 0 spiro atoms. The van der Waals surface area contributed by atoms with E-state index in [1.165, 1.54) is 0 Å². The van der Waals surface area contributed by atoms with E-state index in [1.54, 1.807) is 24.3 Å². The fourth-order valence-corrected chi connectivity index (χ4v) is 13.1. The molecular weight excluding hydrogens is 1150 g/mol. The smallest absolute Gasteiger partial charge is 0.269 e. The van der Waals surface area contributed by atoms with Crippen molar-refractivity contribution in [3.8, 4) is 118 Å². The quantitative estimate of drug-likeness (QED) is 0.107. The van der Waals surface area contributed by atoms with E-state index in [0.717, 1.165) is 55.4 Å². The maximum Gasteiger partial charge on any atom is 0.269 e. The molecule has 0 saturated carbocycles. The maximum atomic E-state index is 10.6. The second kappa shape index (κ2) is 22.9. The van der Waals surface area contributed by atoms with E-state index in [-0.39, 0.29) is 38.5 Å². The van der Waals surface area contributed by atoms with Gasteiger partial charge in [-0.05, 0) is 195 Å². The summed E-state index contributed by atoms with van der Waals surface area (Å²) >= 11 is 0. The SMILES string of the molecule is [2H]c1c([2H])c([2H])c(-c2cccc3c2-c2ccccc2-c2cc(-c4c([2H])c(-c5c([2H])c([2H])c([2H])c([2H])c5[2H])c([2H])c(-c5c([2H])c([2H])c([2H])c([2H])c5[2H])c4[2H])cc4c2[n+]([c-]n4-c2cccc(Oc4ccc5c6ccccc6n(-c6cc(C(C)(C)C)ccn6)c5c4)c2)-c2c(-c4cc(C(C)(C)C)cc(C(C)(C)C)c4)cccc2-3)c([2H])c1[2H]. The Hall–Kier alpha value is -11.1.